The van der Waals surface area contributed by atoms with Crippen LogP contribution in [0.5, 0.6) is 0 Å². The van der Waals surface area contributed by atoms with Gasteiger partial charge in [-0.2, -0.15) is 0 Å². The lowest BCUT2D eigenvalue weighted by atomic mass is 10.1. The first-order chi connectivity index (χ1) is 9.95. The lowest BCUT2D eigenvalue weighted by molar-refractivity contribution is 0.0523. The van der Waals surface area contributed by atoms with Gasteiger partial charge in [-0.3, -0.25) is 9.36 Å². The molecule has 2 rings (SSSR count). The van der Waals surface area contributed by atoms with Crippen LogP contribution >= 0.6 is 22.6 Å². The largest absolute Gasteiger partial charge is 0.462 e. The van der Waals surface area contributed by atoms with E-state index in [9.17, 15) is 9.59 Å². The Hall–Kier alpha value is -1.63. The van der Waals surface area contributed by atoms with E-state index in [1.54, 1.807) is 20.8 Å². The summed E-state index contributed by atoms with van der Waals surface area (Å²) in [6, 6.07) is 9.04. The number of esters is 1. The van der Waals surface area contributed by atoms with E-state index in [-0.39, 0.29) is 5.56 Å². The second-order valence-electron chi connectivity index (χ2n) is 4.66. The first-order valence-electron chi connectivity index (χ1n) is 6.62. The highest BCUT2D eigenvalue weighted by molar-refractivity contribution is 14.1. The van der Waals surface area contributed by atoms with E-state index in [0.717, 1.165) is 9.26 Å². The maximum atomic E-state index is 12.3. The molecule has 0 aliphatic carbocycles. The number of ether oxygens (including phenoxy) is 1. The molecule has 0 spiro atoms. The van der Waals surface area contributed by atoms with Gasteiger partial charge in [-0.05, 0) is 73.2 Å². The average Bonchev–Trinajstić information content (AvgIpc) is 2.40. The Kier molecular flexibility index (Phi) is 4.82. The summed E-state index contributed by atoms with van der Waals surface area (Å²) in [6.45, 7) is 5.58. The molecule has 21 heavy (non-hydrogen) atoms. The van der Waals surface area contributed by atoms with Crippen molar-refractivity contribution in [1.82, 2.24) is 4.57 Å². The second-order valence-corrected chi connectivity index (χ2v) is 5.90. The van der Waals surface area contributed by atoms with Gasteiger partial charge in [0, 0.05) is 21.0 Å². The number of pyridine rings is 1. The van der Waals surface area contributed by atoms with Crippen LogP contribution in [0.2, 0.25) is 0 Å². The normalized spacial score (nSPS) is 10.5. The van der Waals surface area contributed by atoms with Crippen molar-refractivity contribution in [3.8, 4) is 5.69 Å². The zero-order valence-corrected chi connectivity index (χ0v) is 14.3. The molecule has 0 amide bonds. The van der Waals surface area contributed by atoms with Gasteiger partial charge in [-0.15, -0.1) is 0 Å². The third-order valence-electron chi connectivity index (χ3n) is 3.22. The zero-order valence-electron chi connectivity index (χ0n) is 12.1. The van der Waals surface area contributed by atoms with Crippen LogP contribution in [-0.4, -0.2) is 17.1 Å². The summed E-state index contributed by atoms with van der Waals surface area (Å²) in [6.07, 6.45) is 0. The van der Waals surface area contributed by atoms with Crippen molar-refractivity contribution in [2.45, 2.75) is 20.8 Å². The molecule has 0 aliphatic rings. The molecule has 0 radical (unpaired) electrons. The third-order valence-corrected chi connectivity index (χ3v) is 3.94. The van der Waals surface area contributed by atoms with E-state index in [0.29, 0.717) is 23.4 Å². The molecular weight excluding hydrogens is 381 g/mol. The van der Waals surface area contributed by atoms with Crippen molar-refractivity contribution >= 4 is 28.6 Å². The summed E-state index contributed by atoms with van der Waals surface area (Å²) in [5.74, 6) is -0.397. The number of halogens is 1. The van der Waals surface area contributed by atoms with Gasteiger partial charge in [0.2, 0.25) is 0 Å². The van der Waals surface area contributed by atoms with Gasteiger partial charge >= 0.3 is 5.97 Å². The van der Waals surface area contributed by atoms with Crippen LogP contribution in [0.4, 0.5) is 0 Å². The summed E-state index contributed by atoms with van der Waals surface area (Å²) in [7, 11) is 0. The van der Waals surface area contributed by atoms with Gasteiger partial charge in [0.1, 0.15) is 0 Å². The Balaban J connectivity index is 2.67. The number of nitrogens with zero attached hydrogens (tertiary/aromatic N) is 1. The van der Waals surface area contributed by atoms with Crippen molar-refractivity contribution < 1.29 is 9.53 Å². The highest BCUT2D eigenvalue weighted by Crippen LogP contribution is 2.17. The van der Waals surface area contributed by atoms with Gasteiger partial charge in [-0.1, -0.05) is 0 Å². The van der Waals surface area contributed by atoms with E-state index in [1.165, 1.54) is 10.6 Å². The molecule has 0 saturated heterocycles. The van der Waals surface area contributed by atoms with E-state index in [2.05, 4.69) is 22.6 Å². The number of benzene rings is 1. The van der Waals surface area contributed by atoms with Crippen LogP contribution in [0, 0.1) is 17.4 Å². The standard InChI is InChI=1S/C16H16INO3/c1-4-21-16(20)15-10(2)9-14(19)18(11(15)3)13-7-5-12(17)6-8-13/h5-9H,4H2,1-3H3. The van der Waals surface area contributed by atoms with Crippen LogP contribution in [0.15, 0.2) is 35.1 Å². The van der Waals surface area contributed by atoms with Crippen molar-refractivity contribution in [1.29, 1.82) is 0 Å². The predicted molar refractivity (Wildman–Crippen MR) is 90.2 cm³/mol. The fourth-order valence-corrected chi connectivity index (χ4v) is 2.67. The minimum absolute atomic E-state index is 0.153. The van der Waals surface area contributed by atoms with Crippen LogP contribution in [0.1, 0.15) is 28.5 Å². The molecule has 110 valence electrons. The monoisotopic (exact) mass is 397 g/mol. The van der Waals surface area contributed by atoms with Crippen molar-refractivity contribution in [2.75, 3.05) is 6.61 Å². The number of rotatable bonds is 3. The molecule has 0 fully saturated rings. The topological polar surface area (TPSA) is 48.3 Å². The lowest BCUT2D eigenvalue weighted by Gasteiger charge is -2.15. The van der Waals surface area contributed by atoms with Crippen LogP contribution in [-0.2, 0) is 4.74 Å². The summed E-state index contributed by atoms with van der Waals surface area (Å²) < 4.78 is 7.70. The highest BCUT2D eigenvalue weighted by atomic mass is 127. The lowest BCUT2D eigenvalue weighted by Crippen LogP contribution is -2.24. The Morgan fingerprint density at radius 1 is 1.24 bits per heavy atom. The van der Waals surface area contributed by atoms with E-state index < -0.39 is 5.97 Å². The van der Waals surface area contributed by atoms with Gasteiger partial charge in [0.25, 0.3) is 5.56 Å². The van der Waals surface area contributed by atoms with Crippen LogP contribution in [0.3, 0.4) is 0 Å². The molecule has 1 aromatic carbocycles. The summed E-state index contributed by atoms with van der Waals surface area (Å²) in [5, 5.41) is 0. The van der Waals surface area contributed by atoms with Gasteiger partial charge in [0.15, 0.2) is 0 Å². The third kappa shape index (κ3) is 3.18. The van der Waals surface area contributed by atoms with Crippen LogP contribution in [0.25, 0.3) is 5.69 Å². The maximum absolute atomic E-state index is 12.3. The van der Waals surface area contributed by atoms with Crippen molar-refractivity contribution in [3.05, 3.63) is 61.1 Å². The number of carbonyl (C=O) groups is 1. The van der Waals surface area contributed by atoms with Gasteiger partial charge in [-0.25, -0.2) is 4.79 Å². The number of hydrogen-bond donors (Lipinski definition) is 0. The first-order valence-corrected chi connectivity index (χ1v) is 7.70. The molecule has 0 N–H and O–H groups in total. The van der Waals surface area contributed by atoms with Gasteiger partial charge in [0.05, 0.1) is 12.2 Å². The number of carbonyl (C=O) groups excluding carboxylic acids is 1. The Labute approximate surface area is 136 Å². The van der Waals surface area contributed by atoms with Crippen molar-refractivity contribution in [3.63, 3.8) is 0 Å². The molecule has 0 saturated carbocycles. The molecule has 0 unspecified atom stereocenters. The SMILES string of the molecule is CCOC(=O)c1c(C)cc(=O)n(-c2ccc(I)cc2)c1C. The van der Waals surface area contributed by atoms with E-state index >= 15 is 0 Å². The molecule has 0 atom stereocenters. The molecule has 2 aromatic rings. The summed E-state index contributed by atoms with van der Waals surface area (Å²) in [5.41, 5.74) is 2.27. The highest BCUT2D eigenvalue weighted by Gasteiger charge is 2.18. The molecule has 5 heteroatoms. The molecule has 1 aromatic heterocycles. The minimum atomic E-state index is -0.397. The zero-order chi connectivity index (χ0) is 15.6. The smallest absolute Gasteiger partial charge is 0.340 e. The quantitative estimate of drug-likeness (QED) is 0.590. The Bertz CT molecular complexity index is 732. The molecule has 4 nitrogen and oxygen atoms in total. The van der Waals surface area contributed by atoms with Crippen LogP contribution < -0.4 is 5.56 Å². The Morgan fingerprint density at radius 2 is 1.86 bits per heavy atom. The number of aryl methyl sites for hydroxylation is 1. The van der Waals surface area contributed by atoms with Gasteiger partial charge < -0.3 is 4.74 Å². The summed E-state index contributed by atoms with van der Waals surface area (Å²) in [4.78, 5) is 24.4. The first kappa shape index (κ1) is 15.8. The fraction of sp³-hybridized carbons (Fsp3) is 0.250. The minimum Gasteiger partial charge on any atom is -0.462 e. The molecule has 0 aliphatic heterocycles. The van der Waals surface area contributed by atoms with Crippen molar-refractivity contribution in [2.24, 2.45) is 0 Å². The molecular formula is C16H16INO3. The molecule has 0 bridgehead atoms. The maximum Gasteiger partial charge on any atom is 0.340 e. The van der Waals surface area contributed by atoms with E-state index in [1.807, 2.05) is 24.3 Å². The predicted octanol–water partition coefficient (Wildman–Crippen LogP) is 3.24. The second kappa shape index (κ2) is 6.43. The van der Waals surface area contributed by atoms with E-state index in [4.69, 9.17) is 4.74 Å². The fourth-order valence-electron chi connectivity index (χ4n) is 2.31. The summed E-state index contributed by atoms with van der Waals surface area (Å²) >= 11 is 2.21. The average molecular weight is 397 g/mol. The number of hydrogen-bond acceptors (Lipinski definition) is 3. The Morgan fingerprint density at radius 3 is 2.43 bits per heavy atom. The molecule has 1 heterocycles. The number of aromatic nitrogens is 1.